The number of aromatic nitrogens is 1. The molecule has 0 bridgehead atoms. The number of ether oxygens (including phenoxy) is 1. The van der Waals surface area contributed by atoms with Gasteiger partial charge in [-0.25, -0.2) is 4.79 Å². The van der Waals surface area contributed by atoms with Crippen molar-refractivity contribution >= 4 is 22.9 Å². The Balaban J connectivity index is 1.64. The summed E-state index contributed by atoms with van der Waals surface area (Å²) in [5.41, 5.74) is 1.71. The van der Waals surface area contributed by atoms with Crippen LogP contribution in [-0.4, -0.2) is 16.3 Å². The van der Waals surface area contributed by atoms with Crippen LogP contribution in [0.5, 0.6) is 5.75 Å². The van der Waals surface area contributed by atoms with Crippen molar-refractivity contribution in [2.75, 3.05) is 0 Å². The van der Waals surface area contributed by atoms with Crippen LogP contribution in [0.2, 0.25) is 0 Å². The zero-order chi connectivity index (χ0) is 17.8. The fourth-order valence-corrected chi connectivity index (χ4v) is 2.52. The molecule has 0 atom stereocenters. The number of ketones is 1. The van der Waals surface area contributed by atoms with E-state index < -0.39 is 11.7 Å². The van der Waals surface area contributed by atoms with Gasteiger partial charge < -0.3 is 9.15 Å². The van der Waals surface area contributed by atoms with Gasteiger partial charge in [-0.1, -0.05) is 19.1 Å². The molecule has 0 saturated heterocycles. The van der Waals surface area contributed by atoms with Crippen molar-refractivity contribution in [3.8, 4) is 5.75 Å². The summed E-state index contributed by atoms with van der Waals surface area (Å²) in [5.74, 6) is -0.575. The third kappa shape index (κ3) is 3.68. The summed E-state index contributed by atoms with van der Waals surface area (Å²) in [6, 6.07) is 13.5. The number of nitrogens with zero attached hydrogens (tertiary/aromatic N) is 1. The number of hydrogen-bond donors (Lipinski definition) is 0. The van der Waals surface area contributed by atoms with Gasteiger partial charge in [0.25, 0.3) is 0 Å². The third-order valence-electron chi connectivity index (χ3n) is 3.84. The number of benzene rings is 2. The van der Waals surface area contributed by atoms with Crippen molar-refractivity contribution in [2.45, 2.75) is 26.3 Å². The van der Waals surface area contributed by atoms with Crippen LogP contribution in [0.3, 0.4) is 0 Å². The van der Waals surface area contributed by atoms with Gasteiger partial charge in [0.1, 0.15) is 5.75 Å². The average molecular weight is 339 g/mol. The van der Waals surface area contributed by atoms with Crippen molar-refractivity contribution in [1.82, 2.24) is 4.57 Å². The predicted molar refractivity (Wildman–Crippen MR) is 91.8 cm³/mol. The number of carbonyl (C=O) groups is 2. The lowest BCUT2D eigenvalue weighted by Gasteiger charge is -2.06. The Labute approximate surface area is 143 Å². The average Bonchev–Trinajstić information content (AvgIpc) is 2.95. The van der Waals surface area contributed by atoms with Crippen LogP contribution in [-0.2, 0) is 11.3 Å². The number of Topliss-reactive ketones (excluding diaryl/α,β-unsaturated/α-hetero) is 1. The van der Waals surface area contributed by atoms with Crippen LogP contribution in [0.4, 0.5) is 0 Å². The van der Waals surface area contributed by atoms with Gasteiger partial charge in [-0.2, -0.15) is 0 Å². The van der Waals surface area contributed by atoms with Gasteiger partial charge in [-0.15, -0.1) is 0 Å². The van der Waals surface area contributed by atoms with E-state index >= 15 is 0 Å². The zero-order valence-electron chi connectivity index (χ0n) is 13.7. The van der Waals surface area contributed by atoms with E-state index in [0.717, 1.165) is 0 Å². The SMILES string of the molecule is CCC(=O)c1ccc(OC(=O)CCn2c(=O)oc3ccccc32)cc1. The third-order valence-corrected chi connectivity index (χ3v) is 3.84. The Bertz CT molecular complexity index is 965. The van der Waals surface area contributed by atoms with Crippen LogP contribution in [0.25, 0.3) is 11.1 Å². The van der Waals surface area contributed by atoms with Gasteiger partial charge in [0.15, 0.2) is 11.4 Å². The van der Waals surface area contributed by atoms with Crippen LogP contribution in [0.15, 0.2) is 57.7 Å². The van der Waals surface area contributed by atoms with E-state index in [9.17, 15) is 14.4 Å². The second-order valence-corrected chi connectivity index (χ2v) is 5.51. The first-order valence-corrected chi connectivity index (χ1v) is 8.01. The van der Waals surface area contributed by atoms with Crippen molar-refractivity contribution in [1.29, 1.82) is 0 Å². The molecule has 0 aliphatic carbocycles. The van der Waals surface area contributed by atoms with Crippen LogP contribution >= 0.6 is 0 Å². The van der Waals surface area contributed by atoms with Crippen LogP contribution in [0.1, 0.15) is 30.1 Å². The largest absolute Gasteiger partial charge is 0.426 e. The topological polar surface area (TPSA) is 78.5 Å². The molecule has 1 heterocycles. The molecule has 0 N–H and O–H groups in total. The predicted octanol–water partition coefficient (Wildman–Crippen LogP) is 3.18. The van der Waals surface area contributed by atoms with E-state index in [1.54, 1.807) is 55.5 Å². The van der Waals surface area contributed by atoms with Gasteiger partial charge in [-0.05, 0) is 36.4 Å². The molecule has 0 spiro atoms. The summed E-state index contributed by atoms with van der Waals surface area (Å²) in [4.78, 5) is 35.4. The summed E-state index contributed by atoms with van der Waals surface area (Å²) in [7, 11) is 0. The van der Waals surface area contributed by atoms with E-state index in [0.29, 0.717) is 28.8 Å². The number of hydrogen-bond acceptors (Lipinski definition) is 5. The van der Waals surface area contributed by atoms with Crippen molar-refractivity contribution in [3.05, 3.63) is 64.6 Å². The summed E-state index contributed by atoms with van der Waals surface area (Å²) in [6.45, 7) is 1.96. The van der Waals surface area contributed by atoms with E-state index in [1.165, 1.54) is 4.57 Å². The Morgan fingerprint density at radius 2 is 1.80 bits per heavy atom. The molecule has 3 rings (SSSR count). The molecular formula is C19H17NO5. The smallest absolute Gasteiger partial charge is 0.419 e. The fourth-order valence-electron chi connectivity index (χ4n) is 2.52. The van der Waals surface area contributed by atoms with Crippen LogP contribution in [0, 0.1) is 0 Å². The first-order valence-electron chi connectivity index (χ1n) is 8.01. The fraction of sp³-hybridized carbons (Fsp3) is 0.211. The molecule has 0 radical (unpaired) electrons. The van der Waals surface area contributed by atoms with Crippen LogP contribution < -0.4 is 10.5 Å². The Morgan fingerprint density at radius 1 is 1.08 bits per heavy atom. The molecule has 0 unspecified atom stereocenters. The second kappa shape index (κ2) is 7.17. The molecule has 1 aromatic heterocycles. The minimum atomic E-state index is -0.503. The van der Waals surface area contributed by atoms with E-state index in [-0.39, 0.29) is 18.7 Å². The minimum absolute atomic E-state index is 0.0269. The van der Waals surface area contributed by atoms with Crippen molar-refractivity contribution in [3.63, 3.8) is 0 Å². The number of oxazole rings is 1. The number of aryl methyl sites for hydroxylation is 1. The van der Waals surface area contributed by atoms with Crippen molar-refractivity contribution < 1.29 is 18.7 Å². The maximum atomic E-state index is 12.0. The van der Waals surface area contributed by atoms with E-state index in [1.807, 2.05) is 0 Å². The van der Waals surface area contributed by atoms with Gasteiger partial charge in [0, 0.05) is 18.5 Å². The Kier molecular flexibility index (Phi) is 4.79. The minimum Gasteiger partial charge on any atom is -0.426 e. The molecule has 0 amide bonds. The highest BCUT2D eigenvalue weighted by molar-refractivity contribution is 5.95. The summed E-state index contributed by atoms with van der Waals surface area (Å²) in [6.07, 6.45) is 0.450. The molecule has 6 nitrogen and oxygen atoms in total. The Hall–Kier alpha value is -3.15. The van der Waals surface area contributed by atoms with Gasteiger partial charge in [-0.3, -0.25) is 14.2 Å². The normalized spacial score (nSPS) is 10.8. The van der Waals surface area contributed by atoms with Gasteiger partial charge in [0.05, 0.1) is 11.9 Å². The van der Waals surface area contributed by atoms with E-state index in [2.05, 4.69) is 0 Å². The first kappa shape index (κ1) is 16.7. The lowest BCUT2D eigenvalue weighted by molar-refractivity contribution is -0.134. The van der Waals surface area contributed by atoms with E-state index in [4.69, 9.17) is 9.15 Å². The molecule has 0 aliphatic heterocycles. The molecule has 0 fully saturated rings. The number of carbonyl (C=O) groups excluding carboxylic acids is 2. The quantitative estimate of drug-likeness (QED) is 0.391. The highest BCUT2D eigenvalue weighted by Crippen LogP contribution is 2.15. The van der Waals surface area contributed by atoms with Crippen molar-refractivity contribution in [2.24, 2.45) is 0 Å². The molecule has 0 saturated carbocycles. The standard InChI is InChI=1S/C19H17NO5/c1-2-16(21)13-7-9-14(10-8-13)24-18(22)11-12-20-15-5-3-4-6-17(15)25-19(20)23/h3-10H,2,11-12H2,1H3. The molecule has 128 valence electrons. The molecule has 2 aromatic carbocycles. The summed E-state index contributed by atoms with van der Waals surface area (Å²) in [5, 5.41) is 0. The number of rotatable bonds is 6. The molecular weight excluding hydrogens is 322 g/mol. The zero-order valence-corrected chi connectivity index (χ0v) is 13.7. The second-order valence-electron chi connectivity index (χ2n) is 5.51. The molecule has 25 heavy (non-hydrogen) atoms. The number of fused-ring (bicyclic) bond motifs is 1. The maximum absolute atomic E-state index is 12.0. The Morgan fingerprint density at radius 3 is 2.52 bits per heavy atom. The summed E-state index contributed by atoms with van der Waals surface area (Å²) >= 11 is 0. The van der Waals surface area contributed by atoms with Gasteiger partial charge in [0.2, 0.25) is 0 Å². The lowest BCUT2D eigenvalue weighted by atomic mass is 10.1. The number of para-hydroxylation sites is 2. The summed E-state index contributed by atoms with van der Waals surface area (Å²) < 4.78 is 11.8. The molecule has 0 aliphatic rings. The monoisotopic (exact) mass is 339 g/mol. The number of esters is 1. The lowest BCUT2D eigenvalue weighted by Crippen LogP contribution is -2.18. The molecule has 6 heteroatoms. The van der Waals surface area contributed by atoms with Gasteiger partial charge >= 0.3 is 11.7 Å². The first-order chi connectivity index (χ1) is 12.1. The molecule has 3 aromatic rings. The highest BCUT2D eigenvalue weighted by atomic mass is 16.5. The highest BCUT2D eigenvalue weighted by Gasteiger charge is 2.12. The maximum Gasteiger partial charge on any atom is 0.419 e.